The van der Waals surface area contributed by atoms with Gasteiger partial charge in [0.25, 0.3) is 0 Å². The van der Waals surface area contributed by atoms with Gasteiger partial charge < -0.3 is 9.80 Å². The number of anilines is 1. The normalized spacial score (nSPS) is 23.7. The van der Waals surface area contributed by atoms with E-state index in [1.807, 2.05) is 6.07 Å². The second-order valence-corrected chi connectivity index (χ2v) is 5.73. The topological polar surface area (TPSA) is 30.3 Å². The summed E-state index contributed by atoms with van der Waals surface area (Å²) in [6.45, 7) is 6.47. The van der Waals surface area contributed by atoms with Crippen LogP contribution in [0.1, 0.15) is 20.3 Å². The third-order valence-corrected chi connectivity index (χ3v) is 3.56. The van der Waals surface area contributed by atoms with Crippen LogP contribution >= 0.6 is 0 Å². The fourth-order valence-electron chi connectivity index (χ4n) is 3.15. The second kappa shape index (κ2) is 4.99. The van der Waals surface area contributed by atoms with Gasteiger partial charge in [0, 0.05) is 24.3 Å². The Hall–Kier alpha value is -1.53. The third kappa shape index (κ3) is 2.49. The lowest BCUT2D eigenvalue weighted by atomic mass is 9.93. The molecule has 3 nitrogen and oxygen atoms in total. The van der Waals surface area contributed by atoms with Gasteiger partial charge in [-0.25, -0.2) is 0 Å². The van der Waals surface area contributed by atoms with Crippen molar-refractivity contribution >= 4 is 5.69 Å². The fraction of sp³-hybridized carbons (Fsp3) is 0.533. The highest BCUT2D eigenvalue weighted by atomic mass is 15.3. The second-order valence-electron chi connectivity index (χ2n) is 5.73. The van der Waals surface area contributed by atoms with Crippen molar-refractivity contribution in [2.45, 2.75) is 31.8 Å². The summed E-state index contributed by atoms with van der Waals surface area (Å²) in [4.78, 5) is 4.73. The van der Waals surface area contributed by atoms with Crippen LogP contribution in [0.15, 0.2) is 30.3 Å². The molecule has 18 heavy (non-hydrogen) atoms. The van der Waals surface area contributed by atoms with Crippen LogP contribution in [0.2, 0.25) is 0 Å². The van der Waals surface area contributed by atoms with E-state index in [9.17, 15) is 0 Å². The number of benzene rings is 1. The minimum Gasteiger partial charge on any atom is -0.360 e. The predicted octanol–water partition coefficient (Wildman–Crippen LogP) is 2.50. The smallest absolute Gasteiger partial charge is 0.0643 e. The molecular formula is C15H21N3. The first-order valence-electron chi connectivity index (χ1n) is 6.44. The van der Waals surface area contributed by atoms with Crippen LogP contribution < -0.4 is 4.90 Å². The molecule has 1 aliphatic rings. The van der Waals surface area contributed by atoms with E-state index in [4.69, 9.17) is 5.26 Å². The maximum Gasteiger partial charge on any atom is 0.0643 e. The number of likely N-dealkylation sites (N-methyl/N-ethyl adjacent to an activating group) is 1. The van der Waals surface area contributed by atoms with Gasteiger partial charge in [-0.1, -0.05) is 18.2 Å². The van der Waals surface area contributed by atoms with Gasteiger partial charge in [0.2, 0.25) is 0 Å². The van der Waals surface area contributed by atoms with Gasteiger partial charge in [0.1, 0.15) is 0 Å². The van der Waals surface area contributed by atoms with Crippen LogP contribution in [-0.2, 0) is 0 Å². The van der Waals surface area contributed by atoms with Crippen molar-refractivity contribution in [3.8, 4) is 6.07 Å². The number of para-hydroxylation sites is 1. The summed E-state index contributed by atoms with van der Waals surface area (Å²) >= 11 is 0. The SMILES string of the molecule is CN1CC(CC#N)N(c2ccccc2)C(C)(C)C1. The summed E-state index contributed by atoms with van der Waals surface area (Å²) < 4.78 is 0. The number of nitrogens with zero attached hydrogens (tertiary/aromatic N) is 3. The van der Waals surface area contributed by atoms with Crippen molar-refractivity contribution in [2.75, 3.05) is 25.0 Å². The number of rotatable bonds is 2. The maximum absolute atomic E-state index is 9.04. The van der Waals surface area contributed by atoms with E-state index < -0.39 is 0 Å². The Kier molecular flexibility index (Phi) is 3.58. The number of hydrogen-bond donors (Lipinski definition) is 0. The molecule has 0 aromatic heterocycles. The molecule has 1 aromatic carbocycles. The van der Waals surface area contributed by atoms with Gasteiger partial charge in [-0.15, -0.1) is 0 Å². The predicted molar refractivity (Wildman–Crippen MR) is 74.5 cm³/mol. The monoisotopic (exact) mass is 243 g/mol. The minimum atomic E-state index is 0.0515. The molecule has 3 heteroatoms. The van der Waals surface area contributed by atoms with Crippen LogP contribution in [0.25, 0.3) is 0 Å². The van der Waals surface area contributed by atoms with Crippen LogP contribution in [0.3, 0.4) is 0 Å². The van der Waals surface area contributed by atoms with Crippen LogP contribution in [0, 0.1) is 11.3 Å². The van der Waals surface area contributed by atoms with Gasteiger partial charge in [-0.3, -0.25) is 0 Å². The van der Waals surface area contributed by atoms with E-state index in [2.05, 4.69) is 61.0 Å². The lowest BCUT2D eigenvalue weighted by Crippen LogP contribution is -2.63. The van der Waals surface area contributed by atoms with E-state index in [1.54, 1.807) is 0 Å². The van der Waals surface area contributed by atoms with Gasteiger partial charge in [-0.2, -0.15) is 5.26 Å². The molecular weight excluding hydrogens is 222 g/mol. The first kappa shape index (κ1) is 12.9. The van der Waals surface area contributed by atoms with Crippen LogP contribution in [0.4, 0.5) is 5.69 Å². The van der Waals surface area contributed by atoms with E-state index in [0.717, 1.165) is 13.1 Å². The van der Waals surface area contributed by atoms with Gasteiger partial charge >= 0.3 is 0 Å². The standard InChI is InChI=1S/C15H21N3/c1-15(2)12-17(3)11-14(9-10-16)18(15)13-7-5-4-6-8-13/h4-8,14H,9,11-12H2,1-3H3. The van der Waals surface area contributed by atoms with Gasteiger partial charge in [0.15, 0.2) is 0 Å². The Labute approximate surface area is 110 Å². The molecule has 1 saturated heterocycles. The third-order valence-electron chi connectivity index (χ3n) is 3.56. The Morgan fingerprint density at radius 1 is 1.33 bits per heavy atom. The van der Waals surface area contributed by atoms with Crippen LogP contribution in [-0.4, -0.2) is 36.6 Å². The van der Waals surface area contributed by atoms with Crippen molar-refractivity contribution in [1.29, 1.82) is 5.26 Å². The molecule has 2 rings (SSSR count). The lowest BCUT2D eigenvalue weighted by Gasteiger charge is -2.52. The van der Waals surface area contributed by atoms with Crippen LogP contribution in [0.5, 0.6) is 0 Å². The Morgan fingerprint density at radius 2 is 2.00 bits per heavy atom. The molecule has 1 fully saturated rings. The molecule has 0 aliphatic carbocycles. The van der Waals surface area contributed by atoms with Crippen molar-refractivity contribution in [1.82, 2.24) is 4.90 Å². The zero-order chi connectivity index (χ0) is 13.2. The molecule has 1 aromatic rings. The number of piperazine rings is 1. The summed E-state index contributed by atoms with van der Waals surface area (Å²) in [6.07, 6.45) is 0.572. The van der Waals surface area contributed by atoms with E-state index in [1.165, 1.54) is 5.69 Å². The highest BCUT2D eigenvalue weighted by Crippen LogP contribution is 2.31. The molecule has 1 heterocycles. The summed E-state index contributed by atoms with van der Waals surface area (Å²) in [5, 5.41) is 9.04. The molecule has 1 atom stereocenters. The summed E-state index contributed by atoms with van der Waals surface area (Å²) in [7, 11) is 2.13. The Bertz CT molecular complexity index is 433. The molecule has 1 aliphatic heterocycles. The average Bonchev–Trinajstić information content (AvgIpc) is 2.28. The lowest BCUT2D eigenvalue weighted by molar-refractivity contribution is 0.181. The molecule has 0 bridgehead atoms. The van der Waals surface area contributed by atoms with Crippen molar-refractivity contribution in [3.63, 3.8) is 0 Å². The largest absolute Gasteiger partial charge is 0.360 e. The summed E-state index contributed by atoms with van der Waals surface area (Å²) in [6, 6.07) is 13.0. The van der Waals surface area contributed by atoms with E-state index in [0.29, 0.717) is 6.42 Å². The molecule has 1 unspecified atom stereocenters. The summed E-state index contributed by atoms with van der Waals surface area (Å²) in [5.41, 5.74) is 1.27. The first-order chi connectivity index (χ1) is 8.54. The van der Waals surface area contributed by atoms with Gasteiger partial charge in [-0.05, 0) is 33.0 Å². The van der Waals surface area contributed by atoms with E-state index in [-0.39, 0.29) is 11.6 Å². The zero-order valence-corrected chi connectivity index (χ0v) is 11.4. The highest BCUT2D eigenvalue weighted by molar-refractivity contribution is 5.51. The molecule has 0 saturated carbocycles. The molecule has 0 N–H and O–H groups in total. The highest BCUT2D eigenvalue weighted by Gasteiger charge is 2.38. The van der Waals surface area contributed by atoms with E-state index >= 15 is 0 Å². The van der Waals surface area contributed by atoms with Gasteiger partial charge in [0.05, 0.1) is 18.5 Å². The molecule has 0 radical (unpaired) electrons. The minimum absolute atomic E-state index is 0.0515. The Morgan fingerprint density at radius 3 is 2.61 bits per heavy atom. The average molecular weight is 243 g/mol. The maximum atomic E-state index is 9.04. The first-order valence-corrected chi connectivity index (χ1v) is 6.44. The van der Waals surface area contributed by atoms with Crippen molar-refractivity contribution in [3.05, 3.63) is 30.3 Å². The van der Waals surface area contributed by atoms with Crippen molar-refractivity contribution in [2.24, 2.45) is 0 Å². The molecule has 0 spiro atoms. The number of nitriles is 1. The summed E-state index contributed by atoms with van der Waals surface area (Å²) in [5.74, 6) is 0. The zero-order valence-electron chi connectivity index (χ0n) is 11.4. The quantitative estimate of drug-likeness (QED) is 0.799. The van der Waals surface area contributed by atoms with Crippen molar-refractivity contribution < 1.29 is 0 Å². The molecule has 96 valence electrons. The number of hydrogen-bond acceptors (Lipinski definition) is 3. The fourth-order valence-corrected chi connectivity index (χ4v) is 3.15. The molecule has 0 amide bonds. The Balaban J connectivity index is 2.35.